The summed E-state index contributed by atoms with van der Waals surface area (Å²) in [6.45, 7) is 6.68. The molecule has 7 nitrogen and oxygen atoms in total. The largest absolute Gasteiger partial charge is 0.573 e. The molecule has 0 unspecified atom stereocenters. The van der Waals surface area contributed by atoms with E-state index in [0.29, 0.717) is 24.3 Å². The van der Waals surface area contributed by atoms with Crippen molar-refractivity contribution in [2.45, 2.75) is 77.0 Å². The van der Waals surface area contributed by atoms with E-state index in [1.54, 1.807) is 11.0 Å². The number of halogens is 3. The molecule has 1 saturated heterocycles. The molecule has 2 heterocycles. The normalized spacial score (nSPS) is 26.4. The highest BCUT2D eigenvalue weighted by molar-refractivity contribution is 5.70. The van der Waals surface area contributed by atoms with Crippen molar-refractivity contribution in [2.24, 2.45) is 11.3 Å². The summed E-state index contributed by atoms with van der Waals surface area (Å²) in [6, 6.07) is 5.87. The maximum absolute atomic E-state index is 13.0. The third kappa shape index (κ3) is 4.26. The van der Waals surface area contributed by atoms with E-state index < -0.39 is 18.0 Å². The van der Waals surface area contributed by atoms with E-state index in [2.05, 4.69) is 30.7 Å². The molecule has 1 aliphatic heterocycles. The van der Waals surface area contributed by atoms with Gasteiger partial charge in [-0.25, -0.2) is 4.79 Å². The van der Waals surface area contributed by atoms with E-state index in [1.807, 2.05) is 0 Å². The van der Waals surface area contributed by atoms with Gasteiger partial charge in [-0.05, 0) is 43.2 Å². The summed E-state index contributed by atoms with van der Waals surface area (Å²) in [6.07, 6.45) is -2.77. The second kappa shape index (κ2) is 8.15. The van der Waals surface area contributed by atoms with E-state index in [1.165, 1.54) is 18.2 Å². The molecule has 2 aromatic rings. The lowest BCUT2D eigenvalue weighted by Gasteiger charge is -2.47. The molecule has 190 valence electrons. The highest BCUT2D eigenvalue weighted by atomic mass is 19.4. The number of piperidine rings is 1. The summed E-state index contributed by atoms with van der Waals surface area (Å²) < 4.78 is 55.2. The highest BCUT2D eigenvalue weighted by Gasteiger charge is 2.62. The Hall–Kier alpha value is -2.75. The number of alkyl halides is 3. The SMILES string of the molecule is CC(C)(C)[C@@]12C[C@@H](CN1C(=O)O)[C@H](OCc1c(-c3ccccc3OC(F)(F)F)noc1C1CC1)C2. The minimum atomic E-state index is -4.84. The Kier molecular flexibility index (Phi) is 5.58. The molecule has 0 spiro atoms. The minimum absolute atomic E-state index is 0.0545. The predicted octanol–water partition coefficient (Wildman–Crippen LogP) is 6.19. The molecular formula is C25H29F3N2O5. The molecule has 1 aromatic heterocycles. The summed E-state index contributed by atoms with van der Waals surface area (Å²) in [5.74, 6) is 0.524. The van der Waals surface area contributed by atoms with Gasteiger partial charge < -0.3 is 24.0 Å². The number of amides is 1. The first-order chi connectivity index (χ1) is 16.4. The molecule has 1 N–H and O–H groups in total. The van der Waals surface area contributed by atoms with Crippen LogP contribution in [0.15, 0.2) is 28.8 Å². The average Bonchev–Trinajstić information content (AvgIpc) is 3.24. The van der Waals surface area contributed by atoms with Crippen LogP contribution in [0.2, 0.25) is 0 Å². The Morgan fingerprint density at radius 1 is 1.23 bits per heavy atom. The van der Waals surface area contributed by atoms with Gasteiger partial charge in [0.05, 0.1) is 18.2 Å². The number of para-hydroxylation sites is 1. The van der Waals surface area contributed by atoms with Gasteiger partial charge in [0.1, 0.15) is 17.2 Å². The number of nitrogens with zero attached hydrogens (tertiary/aromatic N) is 2. The molecule has 2 bridgehead atoms. The molecule has 35 heavy (non-hydrogen) atoms. The van der Waals surface area contributed by atoms with Crippen molar-refractivity contribution >= 4 is 6.09 Å². The van der Waals surface area contributed by atoms with Crippen LogP contribution >= 0.6 is 0 Å². The van der Waals surface area contributed by atoms with Crippen LogP contribution in [0.25, 0.3) is 11.3 Å². The van der Waals surface area contributed by atoms with Gasteiger partial charge >= 0.3 is 12.5 Å². The van der Waals surface area contributed by atoms with Crippen molar-refractivity contribution in [3.8, 4) is 17.0 Å². The van der Waals surface area contributed by atoms with Crippen molar-refractivity contribution in [1.82, 2.24) is 10.1 Å². The maximum Gasteiger partial charge on any atom is 0.573 e. The van der Waals surface area contributed by atoms with Crippen LogP contribution in [0, 0.1) is 11.3 Å². The van der Waals surface area contributed by atoms with Gasteiger partial charge in [0.25, 0.3) is 0 Å². The first-order valence-corrected chi connectivity index (χ1v) is 11.9. The number of carbonyl (C=O) groups is 1. The predicted molar refractivity (Wildman–Crippen MR) is 119 cm³/mol. The van der Waals surface area contributed by atoms with Crippen molar-refractivity contribution < 1.29 is 37.1 Å². The van der Waals surface area contributed by atoms with Crippen LogP contribution in [0.3, 0.4) is 0 Å². The molecule has 2 aliphatic carbocycles. The zero-order chi connectivity index (χ0) is 25.2. The standard InChI is InChI=1S/C25H29F3N2O5/c1-23(2,3)24-10-15(12-30(24)22(31)32)19(11-24)33-13-17-20(29-35-21(17)14-8-9-14)16-6-4-5-7-18(16)34-25(26,27)28/h4-7,14-15,19H,8-13H2,1-3H3,(H,31,32)/t15-,19+,24-/m0/s1. The van der Waals surface area contributed by atoms with Crippen LogP contribution < -0.4 is 4.74 Å². The number of likely N-dealkylation sites (tertiary alicyclic amines) is 1. The van der Waals surface area contributed by atoms with Crippen LogP contribution in [0.5, 0.6) is 5.75 Å². The quantitative estimate of drug-likeness (QED) is 0.515. The zero-order valence-electron chi connectivity index (χ0n) is 19.9. The van der Waals surface area contributed by atoms with Crippen LogP contribution in [0.1, 0.15) is 63.7 Å². The van der Waals surface area contributed by atoms with Gasteiger partial charge in [0, 0.05) is 29.5 Å². The fourth-order valence-electron chi connectivity index (χ4n) is 5.84. The Morgan fingerprint density at radius 3 is 2.57 bits per heavy atom. The molecule has 3 atom stereocenters. The lowest BCUT2D eigenvalue weighted by Crippen LogP contribution is -2.57. The highest BCUT2D eigenvalue weighted by Crippen LogP contribution is 2.56. The zero-order valence-corrected chi connectivity index (χ0v) is 19.9. The molecule has 10 heteroatoms. The van der Waals surface area contributed by atoms with E-state index >= 15 is 0 Å². The van der Waals surface area contributed by atoms with Gasteiger partial charge in [0.15, 0.2) is 0 Å². The average molecular weight is 495 g/mol. The van der Waals surface area contributed by atoms with Gasteiger partial charge in [0.2, 0.25) is 0 Å². The minimum Gasteiger partial charge on any atom is -0.465 e. The Bertz CT molecular complexity index is 1120. The Balaban J connectivity index is 1.41. The number of hydrogen-bond donors (Lipinski definition) is 1. The van der Waals surface area contributed by atoms with Gasteiger partial charge in [-0.2, -0.15) is 0 Å². The summed E-state index contributed by atoms with van der Waals surface area (Å²) in [4.78, 5) is 13.5. The lowest BCUT2D eigenvalue weighted by atomic mass is 9.72. The molecule has 1 amide bonds. The second-order valence-corrected chi connectivity index (χ2v) is 10.9. The number of ether oxygens (including phenoxy) is 2. The van der Waals surface area contributed by atoms with Crippen LogP contribution in [-0.4, -0.2) is 45.8 Å². The lowest BCUT2D eigenvalue weighted by molar-refractivity contribution is -0.274. The monoisotopic (exact) mass is 494 g/mol. The number of carboxylic acid groups (broad SMARTS) is 1. The molecule has 2 saturated carbocycles. The number of benzene rings is 1. The smallest absolute Gasteiger partial charge is 0.465 e. The molecular weight excluding hydrogens is 465 g/mol. The molecule has 1 aromatic carbocycles. The van der Waals surface area contributed by atoms with Gasteiger partial charge in [-0.15, -0.1) is 13.2 Å². The van der Waals surface area contributed by atoms with Gasteiger partial charge in [-0.3, -0.25) is 0 Å². The van der Waals surface area contributed by atoms with Gasteiger partial charge in [-0.1, -0.05) is 38.1 Å². The molecule has 5 rings (SSSR count). The van der Waals surface area contributed by atoms with Crippen molar-refractivity contribution in [3.63, 3.8) is 0 Å². The van der Waals surface area contributed by atoms with E-state index in [0.717, 1.165) is 19.3 Å². The number of aromatic nitrogens is 1. The Morgan fingerprint density at radius 2 is 1.94 bits per heavy atom. The fraction of sp³-hybridized carbons (Fsp3) is 0.600. The molecule has 0 radical (unpaired) electrons. The summed E-state index contributed by atoms with van der Waals surface area (Å²) in [7, 11) is 0. The van der Waals surface area contributed by atoms with Crippen molar-refractivity contribution in [1.29, 1.82) is 0 Å². The topological polar surface area (TPSA) is 85.0 Å². The number of fused-ring (bicyclic) bond motifs is 2. The first kappa shape index (κ1) is 24.0. The summed E-state index contributed by atoms with van der Waals surface area (Å²) in [5, 5.41) is 13.9. The van der Waals surface area contributed by atoms with E-state index in [-0.39, 0.29) is 47.0 Å². The van der Waals surface area contributed by atoms with E-state index in [9.17, 15) is 23.1 Å². The Labute approximate surface area is 201 Å². The van der Waals surface area contributed by atoms with Crippen molar-refractivity contribution in [3.05, 3.63) is 35.6 Å². The van der Waals surface area contributed by atoms with Crippen molar-refractivity contribution in [2.75, 3.05) is 6.54 Å². The van der Waals surface area contributed by atoms with Crippen LogP contribution in [0.4, 0.5) is 18.0 Å². The third-order valence-corrected chi connectivity index (χ3v) is 7.80. The molecule has 3 aliphatic rings. The summed E-state index contributed by atoms with van der Waals surface area (Å²) >= 11 is 0. The number of rotatable bonds is 6. The van der Waals surface area contributed by atoms with Crippen LogP contribution in [-0.2, 0) is 11.3 Å². The summed E-state index contributed by atoms with van der Waals surface area (Å²) in [5.41, 5.74) is 0.322. The fourth-order valence-corrected chi connectivity index (χ4v) is 5.84. The first-order valence-electron chi connectivity index (χ1n) is 11.9. The molecule has 3 fully saturated rings. The second-order valence-electron chi connectivity index (χ2n) is 10.9. The third-order valence-electron chi connectivity index (χ3n) is 7.80. The maximum atomic E-state index is 13.0. The number of hydrogen-bond acceptors (Lipinski definition) is 5. The van der Waals surface area contributed by atoms with E-state index in [4.69, 9.17) is 9.26 Å².